The lowest BCUT2D eigenvalue weighted by Crippen LogP contribution is -2.31. The molecule has 1 aliphatic heterocycles. The monoisotopic (exact) mass is 440 g/mol. The van der Waals surface area contributed by atoms with Crippen molar-refractivity contribution in [2.24, 2.45) is 5.16 Å². The molecule has 0 saturated carbocycles. The minimum Gasteiger partial charge on any atom is -0.492 e. The van der Waals surface area contributed by atoms with E-state index in [4.69, 9.17) is 9.15 Å². The lowest BCUT2D eigenvalue weighted by Gasteiger charge is -2.20. The van der Waals surface area contributed by atoms with Crippen molar-refractivity contribution in [3.63, 3.8) is 0 Å². The summed E-state index contributed by atoms with van der Waals surface area (Å²) in [5.41, 5.74) is 2.29. The highest BCUT2D eigenvalue weighted by Gasteiger charge is 2.19. The summed E-state index contributed by atoms with van der Waals surface area (Å²) in [6.07, 6.45) is 6.19. The van der Waals surface area contributed by atoms with E-state index in [9.17, 15) is 5.21 Å². The van der Waals surface area contributed by atoms with E-state index in [1.165, 1.54) is 12.8 Å². The van der Waals surface area contributed by atoms with Gasteiger partial charge in [0.05, 0.1) is 11.7 Å². The van der Waals surface area contributed by atoms with E-state index >= 15 is 0 Å². The second-order valence-electron chi connectivity index (χ2n) is 7.74. The van der Waals surface area contributed by atoms with Gasteiger partial charge in [-0.1, -0.05) is 5.16 Å². The Morgan fingerprint density at radius 1 is 1.26 bits per heavy atom. The summed E-state index contributed by atoms with van der Waals surface area (Å²) < 4.78 is 13.9. The molecule has 4 aromatic rings. The Balaban J connectivity index is 0.00000231. The van der Waals surface area contributed by atoms with Crippen molar-refractivity contribution in [2.45, 2.75) is 25.8 Å². The van der Waals surface area contributed by atoms with E-state index < -0.39 is 0 Å². The Morgan fingerprint density at radius 2 is 2.16 bits per heavy atom. The third-order valence-electron chi connectivity index (χ3n) is 5.83. The van der Waals surface area contributed by atoms with Crippen molar-refractivity contribution in [1.82, 2.24) is 14.3 Å². The van der Waals surface area contributed by atoms with Crippen LogP contribution in [-0.2, 0) is 0 Å². The summed E-state index contributed by atoms with van der Waals surface area (Å²) in [5, 5.41) is 14.2. The molecule has 1 aromatic carbocycles. The first-order valence-electron chi connectivity index (χ1n) is 10.3. The third kappa shape index (κ3) is 4.24. The Labute approximate surface area is 186 Å². The number of ether oxygens (including phenoxy) is 1. The Kier molecular flexibility index (Phi) is 6.15. The molecule has 0 radical (unpaired) electrons. The fourth-order valence-corrected chi connectivity index (χ4v) is 4.12. The SMILES string of the molecule is CC1CCCN1CCOc1ccc2oc(-c3cc4cccn4cn3)cc(=NO)c2c1.Cl. The highest BCUT2D eigenvalue weighted by Crippen LogP contribution is 2.25. The lowest BCUT2D eigenvalue weighted by molar-refractivity contribution is 0.205. The average Bonchev–Trinajstić information content (AvgIpc) is 3.41. The molecule has 8 heteroatoms. The number of fused-ring (bicyclic) bond motifs is 2. The molecule has 4 heterocycles. The van der Waals surface area contributed by atoms with Crippen molar-refractivity contribution in [2.75, 3.05) is 19.7 Å². The van der Waals surface area contributed by atoms with Crippen molar-refractivity contribution >= 4 is 28.9 Å². The van der Waals surface area contributed by atoms with Gasteiger partial charge in [0.2, 0.25) is 0 Å². The Bertz CT molecular complexity index is 1270. The molecule has 0 spiro atoms. The van der Waals surface area contributed by atoms with E-state index in [1.807, 2.05) is 47.0 Å². The number of hydrogen-bond donors (Lipinski definition) is 1. The van der Waals surface area contributed by atoms with Crippen molar-refractivity contribution in [1.29, 1.82) is 0 Å². The fourth-order valence-electron chi connectivity index (χ4n) is 4.12. The second-order valence-corrected chi connectivity index (χ2v) is 7.74. The number of nitrogens with zero attached hydrogens (tertiary/aromatic N) is 4. The predicted octanol–water partition coefficient (Wildman–Crippen LogP) is 4.32. The lowest BCUT2D eigenvalue weighted by atomic mass is 10.2. The molecule has 0 aliphatic carbocycles. The van der Waals surface area contributed by atoms with Crippen LogP contribution in [0, 0.1) is 0 Å². The molecule has 1 aliphatic rings. The van der Waals surface area contributed by atoms with Crippen LogP contribution in [0.4, 0.5) is 0 Å². The van der Waals surface area contributed by atoms with Crippen LogP contribution in [0.15, 0.2) is 64.6 Å². The molecule has 7 nitrogen and oxygen atoms in total. The average molecular weight is 441 g/mol. The molecule has 5 rings (SSSR count). The van der Waals surface area contributed by atoms with Gasteiger partial charge in [-0.2, -0.15) is 0 Å². The molecular formula is C23H25ClN4O3. The van der Waals surface area contributed by atoms with Crippen molar-refractivity contribution in [3.05, 3.63) is 60.3 Å². The summed E-state index contributed by atoms with van der Waals surface area (Å²) in [6.45, 7) is 4.94. The number of likely N-dealkylation sites (tertiary alicyclic amines) is 1. The van der Waals surface area contributed by atoms with Crippen LogP contribution in [0.25, 0.3) is 27.9 Å². The molecule has 31 heavy (non-hydrogen) atoms. The second kappa shape index (κ2) is 8.99. The van der Waals surface area contributed by atoms with Gasteiger partial charge in [-0.15, -0.1) is 12.4 Å². The van der Waals surface area contributed by atoms with Gasteiger partial charge in [0.25, 0.3) is 0 Å². The molecule has 1 atom stereocenters. The highest BCUT2D eigenvalue weighted by atomic mass is 35.5. The van der Waals surface area contributed by atoms with E-state index in [2.05, 4.69) is 22.0 Å². The zero-order valence-corrected chi connectivity index (χ0v) is 18.1. The first kappa shape index (κ1) is 21.2. The first-order chi connectivity index (χ1) is 14.7. The molecule has 1 N–H and O–H groups in total. The zero-order valence-electron chi connectivity index (χ0n) is 17.3. The zero-order chi connectivity index (χ0) is 20.5. The summed E-state index contributed by atoms with van der Waals surface area (Å²) >= 11 is 0. The molecular weight excluding hydrogens is 416 g/mol. The van der Waals surface area contributed by atoms with Gasteiger partial charge in [-0.3, -0.25) is 4.90 Å². The topological polar surface area (TPSA) is 75.5 Å². The fraction of sp³-hybridized carbons (Fsp3) is 0.304. The largest absolute Gasteiger partial charge is 0.492 e. The molecule has 0 amide bonds. The van der Waals surface area contributed by atoms with E-state index in [1.54, 1.807) is 12.4 Å². The summed E-state index contributed by atoms with van der Waals surface area (Å²) in [5.74, 6) is 1.27. The standard InChI is InChI=1S/C23H24N4O3.ClH/c1-16-4-2-8-26(16)10-11-29-18-6-7-22-19(13-18)20(25-28)14-23(30-22)21-12-17-5-3-9-27(17)15-24-21;/h3,5-7,9,12-16,28H,2,4,8,10-11H2,1H3;1H. The van der Waals surface area contributed by atoms with Crippen LogP contribution in [0.2, 0.25) is 0 Å². The molecule has 3 aromatic heterocycles. The van der Waals surface area contributed by atoms with E-state index in [-0.39, 0.29) is 12.4 Å². The van der Waals surface area contributed by atoms with Crippen LogP contribution in [-0.4, -0.2) is 45.2 Å². The molecule has 1 fully saturated rings. The van der Waals surface area contributed by atoms with Crippen LogP contribution in [0.1, 0.15) is 19.8 Å². The maximum atomic E-state index is 9.60. The quantitative estimate of drug-likeness (QED) is 0.369. The van der Waals surface area contributed by atoms with Crippen molar-refractivity contribution < 1.29 is 14.4 Å². The van der Waals surface area contributed by atoms with Crippen LogP contribution < -0.4 is 10.1 Å². The maximum Gasteiger partial charge on any atom is 0.155 e. The third-order valence-corrected chi connectivity index (χ3v) is 5.83. The smallest absolute Gasteiger partial charge is 0.155 e. The van der Waals surface area contributed by atoms with Gasteiger partial charge in [0.15, 0.2) is 5.76 Å². The molecule has 1 saturated heterocycles. The van der Waals surface area contributed by atoms with Gasteiger partial charge in [-0.05, 0) is 62.7 Å². The van der Waals surface area contributed by atoms with Gasteiger partial charge < -0.3 is 18.8 Å². The summed E-state index contributed by atoms with van der Waals surface area (Å²) in [6, 6.07) is 13.8. The molecule has 0 bridgehead atoms. The minimum absolute atomic E-state index is 0. The summed E-state index contributed by atoms with van der Waals surface area (Å²) in [4.78, 5) is 6.90. The van der Waals surface area contributed by atoms with Crippen LogP contribution in [0.5, 0.6) is 5.75 Å². The Morgan fingerprint density at radius 3 is 2.97 bits per heavy atom. The normalized spacial score (nSPS) is 17.3. The predicted molar refractivity (Wildman–Crippen MR) is 121 cm³/mol. The van der Waals surface area contributed by atoms with Gasteiger partial charge >= 0.3 is 0 Å². The minimum atomic E-state index is 0. The molecule has 1 unspecified atom stereocenters. The van der Waals surface area contributed by atoms with E-state index in [0.717, 1.165) is 24.4 Å². The van der Waals surface area contributed by atoms with Crippen LogP contribution >= 0.6 is 12.4 Å². The van der Waals surface area contributed by atoms with E-state index in [0.29, 0.717) is 40.4 Å². The number of rotatable bonds is 5. The number of halogens is 1. The van der Waals surface area contributed by atoms with Crippen LogP contribution in [0.3, 0.4) is 0 Å². The first-order valence-corrected chi connectivity index (χ1v) is 10.3. The van der Waals surface area contributed by atoms with Crippen molar-refractivity contribution in [3.8, 4) is 17.2 Å². The van der Waals surface area contributed by atoms with Gasteiger partial charge in [0.1, 0.15) is 29.0 Å². The van der Waals surface area contributed by atoms with Gasteiger partial charge in [-0.25, -0.2) is 4.98 Å². The van der Waals surface area contributed by atoms with Gasteiger partial charge in [0, 0.05) is 30.4 Å². The number of hydrogen-bond acceptors (Lipinski definition) is 6. The maximum absolute atomic E-state index is 9.60. The molecule has 162 valence electrons. The number of benzene rings is 1. The Hall–Kier alpha value is -3.03. The number of aromatic nitrogens is 2. The highest BCUT2D eigenvalue weighted by molar-refractivity contribution is 5.85. The summed E-state index contributed by atoms with van der Waals surface area (Å²) in [7, 11) is 0.